The number of rotatable bonds is 5. The van der Waals surface area contributed by atoms with E-state index in [1.165, 1.54) is 19.1 Å². The molecule has 1 rings (SSSR count). The van der Waals surface area contributed by atoms with Crippen molar-refractivity contribution in [1.82, 2.24) is 4.83 Å². The zero-order valence-corrected chi connectivity index (χ0v) is 12.4. The zero-order valence-electron chi connectivity index (χ0n) is 10.7. The third kappa shape index (κ3) is 4.14. The van der Waals surface area contributed by atoms with Gasteiger partial charge in [0.1, 0.15) is 5.45 Å². The number of hydrogen-bond donors (Lipinski definition) is 2. The molecule has 0 aliphatic carbocycles. The van der Waals surface area contributed by atoms with Gasteiger partial charge < -0.3 is 9.42 Å². The van der Waals surface area contributed by atoms with E-state index in [4.69, 9.17) is 0 Å². The van der Waals surface area contributed by atoms with E-state index in [1.54, 1.807) is 12.1 Å². The molecule has 0 aliphatic rings. The van der Waals surface area contributed by atoms with E-state index in [9.17, 15) is 17.9 Å². The van der Waals surface area contributed by atoms with Crippen LogP contribution in [0.15, 0.2) is 34.3 Å². The monoisotopic (exact) mass is 306 g/mol. The van der Waals surface area contributed by atoms with Crippen molar-refractivity contribution in [2.75, 3.05) is 7.11 Å². The normalized spacial score (nSPS) is 15.9. The molecule has 0 saturated heterocycles. The topological polar surface area (TPSA) is 105 Å². The predicted molar refractivity (Wildman–Crippen MR) is 71.4 cm³/mol. The molecule has 7 nitrogen and oxygen atoms in total. The molecule has 0 saturated carbocycles. The van der Waals surface area contributed by atoms with Crippen LogP contribution in [0, 0.1) is 6.92 Å². The Morgan fingerprint density at radius 1 is 1.37 bits per heavy atom. The fraction of sp³-hybridized carbons (Fsp3) is 0.300. The highest BCUT2D eigenvalue weighted by molar-refractivity contribution is 7.89. The fourth-order valence-corrected chi connectivity index (χ4v) is 2.46. The standard InChI is InChI=1S/C10H15N2O5PS/c1-8-4-6-10(7-5-8)19(15,16)12-11-9(2)18(13,14)17-3/h4-7,12H,1-3H3,(H,13,14)/b11-9-. The van der Waals surface area contributed by atoms with Crippen molar-refractivity contribution in [3.8, 4) is 0 Å². The molecule has 1 atom stereocenters. The van der Waals surface area contributed by atoms with Gasteiger partial charge in [0.05, 0.1) is 4.90 Å². The number of hydrogen-bond acceptors (Lipinski definition) is 5. The van der Waals surface area contributed by atoms with E-state index in [0.717, 1.165) is 12.7 Å². The van der Waals surface area contributed by atoms with Crippen LogP contribution >= 0.6 is 7.60 Å². The summed E-state index contributed by atoms with van der Waals surface area (Å²) in [5.74, 6) is 0. The van der Waals surface area contributed by atoms with Gasteiger partial charge in [0.25, 0.3) is 10.0 Å². The molecule has 0 aliphatic heterocycles. The predicted octanol–water partition coefficient (Wildman–Crippen LogP) is 1.44. The van der Waals surface area contributed by atoms with Gasteiger partial charge in [-0.2, -0.15) is 18.4 Å². The second-order valence-corrected chi connectivity index (χ2v) is 7.48. The first kappa shape index (κ1) is 15.8. The molecule has 0 heterocycles. The van der Waals surface area contributed by atoms with Crippen molar-refractivity contribution in [3.63, 3.8) is 0 Å². The van der Waals surface area contributed by atoms with E-state index in [2.05, 4.69) is 9.63 Å². The summed E-state index contributed by atoms with van der Waals surface area (Å²) in [6, 6.07) is 6.10. The van der Waals surface area contributed by atoms with Crippen LogP contribution in [-0.2, 0) is 19.1 Å². The van der Waals surface area contributed by atoms with Gasteiger partial charge in [-0.3, -0.25) is 4.57 Å². The second-order valence-electron chi connectivity index (χ2n) is 3.77. The lowest BCUT2D eigenvalue weighted by molar-refractivity contribution is 0.330. The van der Waals surface area contributed by atoms with Crippen molar-refractivity contribution < 1.29 is 22.4 Å². The third-order valence-electron chi connectivity index (χ3n) is 2.32. The highest BCUT2D eigenvalue weighted by Crippen LogP contribution is 2.42. The molecule has 106 valence electrons. The number of aryl methyl sites for hydroxylation is 1. The van der Waals surface area contributed by atoms with E-state index in [-0.39, 0.29) is 10.3 Å². The Bertz CT molecular complexity index is 624. The number of benzene rings is 1. The summed E-state index contributed by atoms with van der Waals surface area (Å²) in [7, 11) is -6.86. The lowest BCUT2D eigenvalue weighted by Crippen LogP contribution is -2.19. The Labute approximate surface area is 111 Å². The number of nitrogens with zero attached hydrogens (tertiary/aromatic N) is 1. The molecule has 2 N–H and O–H groups in total. The molecule has 1 aromatic carbocycles. The first-order chi connectivity index (χ1) is 8.69. The third-order valence-corrected chi connectivity index (χ3v) is 4.95. The van der Waals surface area contributed by atoms with Crippen LogP contribution in [0.2, 0.25) is 0 Å². The second kappa shape index (κ2) is 5.83. The quantitative estimate of drug-likeness (QED) is 0.486. The van der Waals surface area contributed by atoms with E-state index in [1.807, 2.05) is 11.8 Å². The molecule has 1 aromatic rings. The van der Waals surface area contributed by atoms with Gasteiger partial charge in [-0.1, -0.05) is 17.7 Å². The van der Waals surface area contributed by atoms with Crippen molar-refractivity contribution in [1.29, 1.82) is 0 Å². The van der Waals surface area contributed by atoms with Crippen LogP contribution in [0.4, 0.5) is 0 Å². The van der Waals surface area contributed by atoms with Gasteiger partial charge in [-0.25, -0.2) is 0 Å². The van der Waals surface area contributed by atoms with Crippen LogP contribution in [0.3, 0.4) is 0 Å². The largest absolute Gasteiger partial charge is 0.374 e. The minimum absolute atomic E-state index is 0.0137. The Hall–Kier alpha value is -1.21. The Morgan fingerprint density at radius 2 is 1.89 bits per heavy atom. The molecule has 0 spiro atoms. The Morgan fingerprint density at radius 3 is 2.37 bits per heavy atom. The average molecular weight is 306 g/mol. The molecule has 0 bridgehead atoms. The highest BCUT2D eigenvalue weighted by Gasteiger charge is 2.23. The molecular weight excluding hydrogens is 291 g/mol. The molecule has 0 aromatic heterocycles. The van der Waals surface area contributed by atoms with Crippen molar-refractivity contribution in [3.05, 3.63) is 29.8 Å². The van der Waals surface area contributed by atoms with Crippen molar-refractivity contribution >= 4 is 23.1 Å². The summed E-state index contributed by atoms with van der Waals surface area (Å²) < 4.78 is 39.3. The maximum Gasteiger partial charge on any atom is 0.374 e. The van der Waals surface area contributed by atoms with Crippen molar-refractivity contribution in [2.45, 2.75) is 18.7 Å². The van der Waals surface area contributed by atoms with Crippen LogP contribution in [0.1, 0.15) is 12.5 Å². The van der Waals surface area contributed by atoms with Gasteiger partial charge in [0, 0.05) is 7.11 Å². The lowest BCUT2D eigenvalue weighted by atomic mass is 10.2. The molecule has 1 unspecified atom stereocenters. The summed E-state index contributed by atoms with van der Waals surface area (Å²) >= 11 is 0. The molecule has 0 radical (unpaired) electrons. The van der Waals surface area contributed by atoms with Gasteiger partial charge in [-0.05, 0) is 26.0 Å². The molecular formula is C10H15N2O5PS. The van der Waals surface area contributed by atoms with Gasteiger partial charge in [0.2, 0.25) is 0 Å². The number of nitrogens with one attached hydrogen (secondary N) is 1. The molecule has 0 fully saturated rings. The highest BCUT2D eigenvalue weighted by atomic mass is 32.2. The Kier molecular flexibility index (Phi) is 4.86. The van der Waals surface area contributed by atoms with E-state index in [0.29, 0.717) is 0 Å². The lowest BCUT2D eigenvalue weighted by Gasteiger charge is -2.09. The average Bonchev–Trinajstić information content (AvgIpc) is 2.36. The maximum atomic E-state index is 11.8. The SMILES string of the molecule is COP(=O)(O)/C(C)=N\NS(=O)(=O)c1ccc(C)cc1. The summed E-state index contributed by atoms with van der Waals surface area (Å²) in [6.45, 7) is 3.02. The van der Waals surface area contributed by atoms with Crippen LogP contribution in [0.25, 0.3) is 0 Å². The summed E-state index contributed by atoms with van der Waals surface area (Å²) in [5.41, 5.74) is 0.573. The minimum atomic E-state index is -4.03. The summed E-state index contributed by atoms with van der Waals surface area (Å²) in [4.78, 5) is 11.2. The maximum absolute atomic E-state index is 11.8. The van der Waals surface area contributed by atoms with Gasteiger partial charge >= 0.3 is 7.60 Å². The number of sulfonamides is 1. The molecule has 9 heteroatoms. The van der Waals surface area contributed by atoms with Gasteiger partial charge in [-0.15, -0.1) is 0 Å². The Balaban J connectivity index is 2.96. The molecule has 0 amide bonds. The summed E-state index contributed by atoms with van der Waals surface area (Å²) in [5, 5.41) is 3.38. The minimum Gasteiger partial charge on any atom is -0.320 e. The summed E-state index contributed by atoms with van der Waals surface area (Å²) in [6.07, 6.45) is 0. The van der Waals surface area contributed by atoms with E-state index < -0.39 is 17.6 Å². The fourth-order valence-electron chi connectivity index (χ4n) is 1.09. The van der Waals surface area contributed by atoms with Gasteiger partial charge in [0.15, 0.2) is 0 Å². The molecule has 19 heavy (non-hydrogen) atoms. The number of hydrazone groups is 1. The first-order valence-corrected chi connectivity index (χ1v) is 8.27. The first-order valence-electron chi connectivity index (χ1n) is 5.21. The smallest absolute Gasteiger partial charge is 0.320 e. The van der Waals surface area contributed by atoms with Crippen LogP contribution in [-0.4, -0.2) is 25.9 Å². The van der Waals surface area contributed by atoms with Crippen LogP contribution < -0.4 is 4.83 Å². The zero-order chi connectivity index (χ0) is 14.7. The van der Waals surface area contributed by atoms with Crippen LogP contribution in [0.5, 0.6) is 0 Å². The van der Waals surface area contributed by atoms with Crippen molar-refractivity contribution in [2.24, 2.45) is 5.10 Å². The van der Waals surface area contributed by atoms with E-state index >= 15 is 0 Å².